The van der Waals surface area contributed by atoms with Crippen molar-refractivity contribution in [2.75, 3.05) is 6.61 Å². The third-order valence-electron chi connectivity index (χ3n) is 4.52. The van der Waals surface area contributed by atoms with Crippen molar-refractivity contribution in [2.45, 2.75) is 43.3 Å². The summed E-state index contributed by atoms with van der Waals surface area (Å²) in [5.74, 6) is 0.934. The van der Waals surface area contributed by atoms with E-state index in [-0.39, 0.29) is 11.9 Å². The van der Waals surface area contributed by atoms with Crippen LogP contribution in [0.25, 0.3) is 11.4 Å². The third kappa shape index (κ3) is 4.21. The molecule has 1 aliphatic heterocycles. The molecule has 1 aliphatic rings. The second kappa shape index (κ2) is 8.31. The van der Waals surface area contributed by atoms with Crippen LogP contribution in [0.4, 0.5) is 4.39 Å². The van der Waals surface area contributed by atoms with Gasteiger partial charge in [-0.2, -0.15) is 0 Å². The van der Waals surface area contributed by atoms with Gasteiger partial charge in [-0.25, -0.2) is 4.39 Å². The van der Waals surface area contributed by atoms with Crippen LogP contribution in [0.15, 0.2) is 34.8 Å². The van der Waals surface area contributed by atoms with E-state index in [9.17, 15) is 4.39 Å². The SMILES string of the molecule is Cc1cc(-c2nnc(SCc3c(F)cccc3Cl)n2CC2CCCO2)cs1. The minimum atomic E-state index is -0.297. The monoisotopic (exact) mass is 423 g/mol. The molecule has 4 rings (SSSR count). The summed E-state index contributed by atoms with van der Waals surface area (Å²) in [6.45, 7) is 3.57. The maximum absolute atomic E-state index is 14.1. The van der Waals surface area contributed by atoms with Crippen LogP contribution in [0.3, 0.4) is 0 Å². The quantitative estimate of drug-likeness (QED) is 0.485. The van der Waals surface area contributed by atoms with Gasteiger partial charge in [0.1, 0.15) is 5.82 Å². The second-order valence-electron chi connectivity index (χ2n) is 6.49. The molecule has 2 aromatic heterocycles. The highest BCUT2D eigenvalue weighted by molar-refractivity contribution is 7.98. The lowest BCUT2D eigenvalue weighted by Gasteiger charge is -2.14. The zero-order valence-corrected chi connectivity index (χ0v) is 17.2. The molecule has 0 saturated carbocycles. The highest BCUT2D eigenvalue weighted by atomic mass is 35.5. The summed E-state index contributed by atoms with van der Waals surface area (Å²) in [7, 11) is 0. The molecule has 0 aliphatic carbocycles. The van der Waals surface area contributed by atoms with Crippen LogP contribution in [0.5, 0.6) is 0 Å². The van der Waals surface area contributed by atoms with Gasteiger partial charge in [-0.15, -0.1) is 21.5 Å². The molecule has 27 heavy (non-hydrogen) atoms. The molecule has 142 valence electrons. The van der Waals surface area contributed by atoms with E-state index in [4.69, 9.17) is 16.3 Å². The Labute approximate surface area is 170 Å². The average Bonchev–Trinajstić information content (AvgIpc) is 3.37. The Morgan fingerprint density at radius 1 is 1.41 bits per heavy atom. The molecular formula is C19H19ClFN3OS2. The molecule has 8 heteroatoms. The Morgan fingerprint density at radius 2 is 2.30 bits per heavy atom. The number of hydrogen-bond acceptors (Lipinski definition) is 5. The molecule has 0 bridgehead atoms. The van der Waals surface area contributed by atoms with Crippen molar-refractivity contribution in [1.29, 1.82) is 0 Å². The van der Waals surface area contributed by atoms with Crippen molar-refractivity contribution in [1.82, 2.24) is 14.8 Å². The van der Waals surface area contributed by atoms with Gasteiger partial charge in [0.15, 0.2) is 11.0 Å². The van der Waals surface area contributed by atoms with Crippen LogP contribution in [0.2, 0.25) is 5.02 Å². The molecule has 1 aromatic carbocycles. The first-order chi connectivity index (χ1) is 13.1. The van der Waals surface area contributed by atoms with Gasteiger partial charge >= 0.3 is 0 Å². The molecule has 1 saturated heterocycles. The van der Waals surface area contributed by atoms with Crippen LogP contribution in [0, 0.1) is 12.7 Å². The number of hydrogen-bond donors (Lipinski definition) is 0. The summed E-state index contributed by atoms with van der Waals surface area (Å²) in [5, 5.41) is 12.1. The Balaban J connectivity index is 1.62. The number of aromatic nitrogens is 3. The minimum absolute atomic E-state index is 0.163. The Bertz CT molecular complexity index is 917. The van der Waals surface area contributed by atoms with Gasteiger partial charge in [-0.1, -0.05) is 29.4 Å². The maximum atomic E-state index is 14.1. The number of nitrogens with zero attached hydrogens (tertiary/aromatic N) is 3. The van der Waals surface area contributed by atoms with Crippen molar-refractivity contribution in [3.05, 3.63) is 50.9 Å². The fraction of sp³-hybridized carbons (Fsp3) is 0.368. The summed E-state index contributed by atoms with van der Waals surface area (Å²) < 4.78 is 22.0. The molecule has 3 aromatic rings. The molecule has 4 nitrogen and oxygen atoms in total. The Morgan fingerprint density at radius 3 is 3.00 bits per heavy atom. The summed E-state index contributed by atoms with van der Waals surface area (Å²) in [6.07, 6.45) is 2.27. The third-order valence-corrected chi connectivity index (χ3v) is 6.73. The zero-order chi connectivity index (χ0) is 18.8. The first-order valence-corrected chi connectivity index (χ1v) is 11.0. The smallest absolute Gasteiger partial charge is 0.191 e. The molecule has 1 atom stereocenters. The Kier molecular flexibility index (Phi) is 5.82. The molecule has 1 fully saturated rings. The fourth-order valence-corrected chi connectivity index (χ4v) is 5.11. The van der Waals surface area contributed by atoms with Crippen molar-refractivity contribution in [3.8, 4) is 11.4 Å². The van der Waals surface area contributed by atoms with Crippen molar-refractivity contribution < 1.29 is 9.13 Å². The normalized spacial score (nSPS) is 16.9. The van der Waals surface area contributed by atoms with E-state index in [0.717, 1.165) is 36.0 Å². The lowest BCUT2D eigenvalue weighted by atomic mass is 10.2. The molecule has 0 spiro atoms. The predicted molar refractivity (Wildman–Crippen MR) is 108 cm³/mol. The number of aryl methyl sites for hydroxylation is 1. The number of ether oxygens (including phenoxy) is 1. The number of halogens is 2. The van der Waals surface area contributed by atoms with Crippen molar-refractivity contribution in [2.24, 2.45) is 0 Å². The van der Waals surface area contributed by atoms with Crippen LogP contribution in [0.1, 0.15) is 23.3 Å². The van der Waals surface area contributed by atoms with E-state index < -0.39 is 0 Å². The molecule has 0 N–H and O–H groups in total. The highest BCUT2D eigenvalue weighted by Gasteiger charge is 2.22. The van der Waals surface area contributed by atoms with E-state index >= 15 is 0 Å². The first-order valence-electron chi connectivity index (χ1n) is 8.78. The van der Waals surface area contributed by atoms with Gasteiger partial charge in [-0.3, -0.25) is 4.57 Å². The number of rotatable bonds is 6. The van der Waals surface area contributed by atoms with Gasteiger partial charge in [0, 0.05) is 38.8 Å². The van der Waals surface area contributed by atoms with E-state index in [1.807, 2.05) is 0 Å². The summed E-state index contributed by atoms with van der Waals surface area (Å²) in [4.78, 5) is 1.23. The molecule has 1 unspecified atom stereocenters. The van der Waals surface area contributed by atoms with Crippen LogP contribution in [-0.4, -0.2) is 27.5 Å². The minimum Gasteiger partial charge on any atom is -0.376 e. The first kappa shape index (κ1) is 18.9. The maximum Gasteiger partial charge on any atom is 0.191 e. The second-order valence-corrected chi connectivity index (χ2v) is 8.95. The van der Waals surface area contributed by atoms with Crippen LogP contribution in [-0.2, 0) is 17.0 Å². The largest absolute Gasteiger partial charge is 0.376 e. The number of thioether (sulfide) groups is 1. The van der Waals surface area contributed by atoms with Crippen molar-refractivity contribution in [3.63, 3.8) is 0 Å². The van der Waals surface area contributed by atoms with E-state index in [0.29, 0.717) is 22.9 Å². The van der Waals surface area contributed by atoms with Crippen LogP contribution >= 0.6 is 34.7 Å². The summed E-state index contributed by atoms with van der Waals surface area (Å²) in [5.41, 5.74) is 1.54. The van der Waals surface area contributed by atoms with Crippen LogP contribution < -0.4 is 0 Å². The standard InChI is InChI=1S/C19H19ClFN3OS2/c1-12-8-13(10-26-12)18-22-23-19(24(18)9-14-4-3-7-25-14)27-11-15-16(20)5-2-6-17(15)21/h2,5-6,8,10,14H,3-4,7,9,11H2,1H3. The summed E-state index contributed by atoms with van der Waals surface area (Å²) >= 11 is 9.30. The summed E-state index contributed by atoms with van der Waals surface area (Å²) in [6, 6.07) is 6.86. The highest BCUT2D eigenvalue weighted by Crippen LogP contribution is 2.32. The zero-order valence-electron chi connectivity index (χ0n) is 14.8. The number of benzene rings is 1. The molecule has 3 heterocycles. The van der Waals surface area contributed by atoms with Gasteiger partial charge < -0.3 is 4.74 Å². The predicted octanol–water partition coefficient (Wildman–Crippen LogP) is 5.58. The van der Waals surface area contributed by atoms with E-state index in [1.165, 1.54) is 22.7 Å². The molecule has 0 radical (unpaired) electrons. The van der Waals surface area contributed by atoms with Gasteiger partial charge in [0.25, 0.3) is 0 Å². The Hall–Kier alpha value is -1.41. The van der Waals surface area contributed by atoms with Gasteiger partial charge in [0.2, 0.25) is 0 Å². The molecule has 0 amide bonds. The number of thiophene rings is 1. The average molecular weight is 424 g/mol. The lowest BCUT2D eigenvalue weighted by molar-refractivity contribution is 0.0953. The van der Waals surface area contributed by atoms with Gasteiger partial charge in [0.05, 0.1) is 12.6 Å². The van der Waals surface area contributed by atoms with E-state index in [1.54, 1.807) is 23.5 Å². The lowest BCUT2D eigenvalue weighted by Crippen LogP contribution is -2.16. The van der Waals surface area contributed by atoms with Gasteiger partial charge in [-0.05, 0) is 38.0 Å². The topological polar surface area (TPSA) is 39.9 Å². The van der Waals surface area contributed by atoms with E-state index in [2.05, 4.69) is 33.1 Å². The molecular weight excluding hydrogens is 405 g/mol. The fourth-order valence-electron chi connectivity index (χ4n) is 3.13. The van der Waals surface area contributed by atoms with Crippen molar-refractivity contribution >= 4 is 34.7 Å².